The highest BCUT2D eigenvalue weighted by atomic mass is 16.6. The standard InChI is InChI=1S/C17H14O6.C16H14O6.C10H8O6/c1-17(11-6-12(18)22-15(11)20)7-9-13(16(21)23-14(9)19)8-4-2-3-5-10(8)17;17-13-9-3-1-4(10(9)14(18)21-13)8-6-2-5(7(3)8)11-12(6)16(20)22-15(11)19;11-6-2-3-4(8(12)15-6)1-5-7(3)10(14)16-9(5)13/h2-5,9,11,13H,6-7H2,1H3;3-12H,1-2H2;3-5,7H,1-2H2. The van der Waals surface area contributed by atoms with E-state index in [4.69, 9.17) is 18.9 Å². The zero-order chi connectivity index (χ0) is 42.7. The van der Waals surface area contributed by atoms with Gasteiger partial charge in [0.05, 0.1) is 72.0 Å². The molecule has 5 saturated carbocycles. The predicted octanol–water partition coefficient (Wildman–Crippen LogP) is 0.783. The van der Waals surface area contributed by atoms with Crippen molar-refractivity contribution in [3.63, 3.8) is 0 Å². The fourth-order valence-corrected chi connectivity index (χ4v) is 14.6. The van der Waals surface area contributed by atoms with Gasteiger partial charge in [0.15, 0.2) is 0 Å². The molecule has 6 saturated heterocycles. The lowest BCUT2D eigenvalue weighted by Gasteiger charge is -2.41. The summed E-state index contributed by atoms with van der Waals surface area (Å²) in [7, 11) is 0. The number of hydrogen-bond donors (Lipinski definition) is 0. The van der Waals surface area contributed by atoms with Crippen molar-refractivity contribution in [2.75, 3.05) is 0 Å². The Balaban J connectivity index is 0.000000105. The SMILES string of the molecule is CC1(C2CC(=O)OC2=O)CC2C(=O)OC(=O)C2c2ccccc21.O=C1CC2C(CC3C(=O)OC(=O)C32)C(=O)O1.O=C1OC(=O)C2C3CC(C12)C1C2CC(C4C(=O)OC(=O)C24)C31. The number of benzene rings is 1. The Morgan fingerprint density at radius 3 is 1.46 bits per heavy atom. The molecule has 1 aromatic rings. The first-order valence-corrected chi connectivity index (χ1v) is 20.7. The molecule has 61 heavy (non-hydrogen) atoms. The van der Waals surface area contributed by atoms with Crippen LogP contribution in [0.25, 0.3) is 0 Å². The molecular formula is C43H36O18. The first-order chi connectivity index (χ1) is 29.1. The summed E-state index contributed by atoms with van der Waals surface area (Å²) in [6, 6.07) is 7.24. The second kappa shape index (κ2) is 12.8. The third kappa shape index (κ3) is 5.07. The summed E-state index contributed by atoms with van der Waals surface area (Å²) in [6.45, 7) is 1.85. The van der Waals surface area contributed by atoms with E-state index in [1.165, 1.54) is 0 Å². The molecule has 16 atom stereocenters. The number of rotatable bonds is 1. The van der Waals surface area contributed by atoms with Crippen LogP contribution in [0.3, 0.4) is 0 Å². The minimum Gasteiger partial charge on any atom is -0.393 e. The van der Waals surface area contributed by atoms with E-state index in [-0.39, 0.29) is 109 Å². The molecule has 0 radical (unpaired) electrons. The second-order valence-electron chi connectivity index (χ2n) is 18.8. The molecule has 13 rings (SSSR count). The minimum atomic E-state index is -0.745. The summed E-state index contributed by atoms with van der Waals surface area (Å²) in [6.07, 6.45) is 2.30. The Kier molecular flexibility index (Phi) is 7.97. The summed E-state index contributed by atoms with van der Waals surface area (Å²) >= 11 is 0. The van der Waals surface area contributed by atoms with Crippen LogP contribution in [-0.2, 0) is 91.4 Å². The van der Waals surface area contributed by atoms with Gasteiger partial charge < -0.3 is 28.4 Å². The van der Waals surface area contributed by atoms with Crippen molar-refractivity contribution in [2.24, 2.45) is 94.7 Å². The van der Waals surface area contributed by atoms with E-state index in [1.807, 2.05) is 19.1 Å². The van der Waals surface area contributed by atoms with Gasteiger partial charge in [0.2, 0.25) is 0 Å². The molecule has 18 heteroatoms. The molecule has 0 aromatic heterocycles. The van der Waals surface area contributed by atoms with Gasteiger partial charge in [0.1, 0.15) is 0 Å². The molecule has 12 aliphatic rings. The van der Waals surface area contributed by atoms with Gasteiger partial charge in [-0.2, -0.15) is 0 Å². The third-order valence-corrected chi connectivity index (χ3v) is 16.6. The lowest BCUT2D eigenvalue weighted by atomic mass is 9.58. The molecule has 6 heterocycles. The summed E-state index contributed by atoms with van der Waals surface area (Å²) < 4.78 is 28.2. The number of hydrogen-bond acceptors (Lipinski definition) is 18. The van der Waals surface area contributed by atoms with Gasteiger partial charge in [0.25, 0.3) is 0 Å². The highest BCUT2D eigenvalue weighted by Crippen LogP contribution is 2.74. The van der Waals surface area contributed by atoms with Gasteiger partial charge in [-0.1, -0.05) is 31.2 Å². The Morgan fingerprint density at radius 1 is 0.443 bits per heavy atom. The highest BCUT2D eigenvalue weighted by Gasteiger charge is 2.77. The molecule has 18 nitrogen and oxygen atoms in total. The van der Waals surface area contributed by atoms with Crippen LogP contribution < -0.4 is 0 Å². The van der Waals surface area contributed by atoms with Gasteiger partial charge in [-0.25, -0.2) is 0 Å². The van der Waals surface area contributed by atoms with Gasteiger partial charge in [-0.05, 0) is 78.2 Å². The van der Waals surface area contributed by atoms with Crippen LogP contribution in [-0.4, -0.2) is 71.6 Å². The van der Waals surface area contributed by atoms with Crippen molar-refractivity contribution >= 4 is 71.6 Å². The van der Waals surface area contributed by atoms with E-state index in [9.17, 15) is 57.5 Å². The average Bonchev–Trinajstić information content (AvgIpc) is 4.07. The van der Waals surface area contributed by atoms with Gasteiger partial charge in [-0.3, -0.25) is 57.5 Å². The normalized spacial score (nSPS) is 45.8. The lowest BCUT2D eigenvalue weighted by molar-refractivity contribution is -0.171. The van der Waals surface area contributed by atoms with Crippen LogP contribution in [0.15, 0.2) is 24.3 Å². The molecule has 1 aromatic carbocycles. The summed E-state index contributed by atoms with van der Waals surface area (Å²) in [4.78, 5) is 141. The summed E-state index contributed by atoms with van der Waals surface area (Å²) in [5.74, 6) is -10.2. The van der Waals surface area contributed by atoms with Crippen LogP contribution in [0.5, 0.6) is 0 Å². The smallest absolute Gasteiger partial charge is 0.321 e. The van der Waals surface area contributed by atoms with Crippen molar-refractivity contribution in [3.8, 4) is 0 Å². The number of cyclic esters (lactones) is 12. The summed E-state index contributed by atoms with van der Waals surface area (Å²) in [5, 5.41) is 0. The average molecular weight is 841 g/mol. The van der Waals surface area contributed by atoms with Crippen LogP contribution in [0.4, 0.5) is 0 Å². The molecule has 316 valence electrons. The maximum Gasteiger partial charge on any atom is 0.321 e. The van der Waals surface area contributed by atoms with E-state index in [0.29, 0.717) is 5.56 Å². The molecular weight excluding hydrogens is 804 g/mol. The Hall–Kier alpha value is -5.94. The van der Waals surface area contributed by atoms with Gasteiger partial charge in [-0.15, -0.1) is 0 Å². The van der Waals surface area contributed by atoms with Crippen molar-refractivity contribution in [3.05, 3.63) is 35.4 Å². The molecule has 6 aliphatic heterocycles. The topological polar surface area (TPSA) is 260 Å². The van der Waals surface area contributed by atoms with Crippen LogP contribution in [0, 0.1) is 94.7 Å². The Bertz CT molecular complexity index is 2260. The first-order valence-electron chi connectivity index (χ1n) is 20.7. The number of carbonyl (C=O) groups is 12. The largest absolute Gasteiger partial charge is 0.393 e. The zero-order valence-corrected chi connectivity index (χ0v) is 32.2. The van der Waals surface area contributed by atoms with Gasteiger partial charge >= 0.3 is 71.6 Å². The maximum atomic E-state index is 12.1. The van der Waals surface area contributed by atoms with E-state index < -0.39 is 94.6 Å². The van der Waals surface area contributed by atoms with Crippen molar-refractivity contribution in [1.82, 2.24) is 0 Å². The van der Waals surface area contributed by atoms with Crippen LogP contribution in [0.2, 0.25) is 0 Å². The summed E-state index contributed by atoms with van der Waals surface area (Å²) in [5.41, 5.74) is 0.767. The fourth-order valence-electron chi connectivity index (χ4n) is 14.6. The van der Waals surface area contributed by atoms with Crippen molar-refractivity contribution in [2.45, 2.75) is 56.8 Å². The third-order valence-electron chi connectivity index (χ3n) is 16.6. The molecule has 4 bridgehead atoms. The maximum absolute atomic E-state index is 12.1. The zero-order valence-electron chi connectivity index (χ0n) is 32.2. The first kappa shape index (κ1) is 38.0. The lowest BCUT2D eigenvalue weighted by Crippen LogP contribution is -2.45. The van der Waals surface area contributed by atoms with Crippen molar-refractivity contribution in [1.29, 1.82) is 0 Å². The van der Waals surface area contributed by atoms with Crippen LogP contribution >= 0.6 is 0 Å². The van der Waals surface area contributed by atoms with E-state index >= 15 is 0 Å². The number of carbonyl (C=O) groups excluding carboxylic acids is 12. The molecule has 0 amide bonds. The van der Waals surface area contributed by atoms with Crippen LogP contribution in [0.1, 0.15) is 62.5 Å². The Morgan fingerprint density at radius 2 is 0.902 bits per heavy atom. The second-order valence-corrected chi connectivity index (χ2v) is 18.8. The quantitative estimate of drug-likeness (QED) is 0.164. The number of ether oxygens (including phenoxy) is 6. The molecule has 11 fully saturated rings. The molecule has 16 unspecified atom stereocenters. The van der Waals surface area contributed by atoms with E-state index in [0.717, 1.165) is 18.4 Å². The molecule has 0 spiro atoms. The predicted molar refractivity (Wildman–Crippen MR) is 187 cm³/mol. The Labute approximate surface area is 343 Å². The van der Waals surface area contributed by atoms with Crippen molar-refractivity contribution < 1.29 is 86.0 Å². The monoisotopic (exact) mass is 840 g/mol. The van der Waals surface area contributed by atoms with E-state index in [2.05, 4.69) is 9.47 Å². The highest BCUT2D eigenvalue weighted by molar-refractivity contribution is 6.03. The molecule has 6 aliphatic carbocycles. The molecule has 0 N–H and O–H groups in total. The van der Waals surface area contributed by atoms with Gasteiger partial charge in [0, 0.05) is 5.41 Å². The van der Waals surface area contributed by atoms with E-state index in [1.54, 1.807) is 12.1 Å². The number of esters is 12. The minimum absolute atomic E-state index is 0.00987. The fraction of sp³-hybridized carbons (Fsp3) is 0.581. The number of fused-ring (bicyclic) bond motifs is 21.